The maximum absolute atomic E-state index is 4.75. The SMILES string of the molecule is CC1CCC(c2ccc3c(c2)CN(C)CC3)=NC1. The first-order valence-electron chi connectivity index (χ1n) is 7.06. The summed E-state index contributed by atoms with van der Waals surface area (Å²) in [5.74, 6) is 0.762. The monoisotopic (exact) mass is 242 g/mol. The highest BCUT2D eigenvalue weighted by Gasteiger charge is 2.17. The van der Waals surface area contributed by atoms with E-state index >= 15 is 0 Å². The first kappa shape index (κ1) is 11.9. The van der Waals surface area contributed by atoms with E-state index in [1.165, 1.54) is 41.8 Å². The first-order valence-corrected chi connectivity index (χ1v) is 7.06. The van der Waals surface area contributed by atoms with Gasteiger partial charge in [0, 0.05) is 25.3 Å². The molecule has 2 aliphatic heterocycles. The van der Waals surface area contributed by atoms with Crippen molar-refractivity contribution in [3.8, 4) is 0 Å². The molecule has 2 nitrogen and oxygen atoms in total. The Morgan fingerprint density at radius 2 is 2.11 bits per heavy atom. The van der Waals surface area contributed by atoms with Crippen LogP contribution in [0.2, 0.25) is 0 Å². The van der Waals surface area contributed by atoms with Crippen molar-refractivity contribution in [2.45, 2.75) is 32.7 Å². The average molecular weight is 242 g/mol. The highest BCUT2D eigenvalue weighted by molar-refractivity contribution is 6.01. The molecule has 2 heteroatoms. The van der Waals surface area contributed by atoms with E-state index in [1.54, 1.807) is 0 Å². The third-order valence-corrected chi connectivity index (χ3v) is 4.21. The average Bonchev–Trinajstić information content (AvgIpc) is 2.38. The van der Waals surface area contributed by atoms with Crippen LogP contribution >= 0.6 is 0 Å². The van der Waals surface area contributed by atoms with Crippen molar-refractivity contribution in [2.24, 2.45) is 10.9 Å². The van der Waals surface area contributed by atoms with Crippen molar-refractivity contribution in [1.29, 1.82) is 0 Å². The summed E-state index contributed by atoms with van der Waals surface area (Å²) in [5.41, 5.74) is 5.71. The fourth-order valence-corrected chi connectivity index (χ4v) is 2.93. The van der Waals surface area contributed by atoms with Crippen LogP contribution in [-0.4, -0.2) is 30.7 Å². The summed E-state index contributed by atoms with van der Waals surface area (Å²) in [4.78, 5) is 7.15. The number of hydrogen-bond donors (Lipinski definition) is 0. The van der Waals surface area contributed by atoms with Crippen LogP contribution in [0.1, 0.15) is 36.5 Å². The molecule has 96 valence electrons. The number of aliphatic imine (C=N–C) groups is 1. The van der Waals surface area contributed by atoms with E-state index in [1.807, 2.05) is 0 Å². The lowest BCUT2D eigenvalue weighted by Crippen LogP contribution is -2.26. The van der Waals surface area contributed by atoms with Gasteiger partial charge in [0.1, 0.15) is 0 Å². The predicted molar refractivity (Wildman–Crippen MR) is 76.3 cm³/mol. The first-order chi connectivity index (χ1) is 8.72. The Morgan fingerprint density at radius 1 is 1.22 bits per heavy atom. The van der Waals surface area contributed by atoms with Gasteiger partial charge < -0.3 is 4.90 Å². The van der Waals surface area contributed by atoms with Crippen molar-refractivity contribution in [3.05, 3.63) is 34.9 Å². The van der Waals surface area contributed by atoms with Crippen LogP contribution in [0.5, 0.6) is 0 Å². The molecular formula is C16H22N2. The minimum absolute atomic E-state index is 0.762. The van der Waals surface area contributed by atoms with Crippen LogP contribution in [0.3, 0.4) is 0 Å². The molecule has 0 bridgehead atoms. The zero-order valence-corrected chi connectivity index (χ0v) is 11.4. The van der Waals surface area contributed by atoms with Crippen molar-refractivity contribution >= 4 is 5.71 Å². The van der Waals surface area contributed by atoms with Gasteiger partial charge in [0.2, 0.25) is 0 Å². The molecule has 0 aliphatic carbocycles. The molecule has 0 saturated heterocycles. The normalized spacial score (nSPS) is 24.6. The van der Waals surface area contributed by atoms with E-state index in [0.29, 0.717) is 0 Å². The fraction of sp³-hybridized carbons (Fsp3) is 0.562. The molecule has 1 aromatic carbocycles. The summed E-state index contributed by atoms with van der Waals surface area (Å²) < 4.78 is 0. The maximum atomic E-state index is 4.75. The van der Waals surface area contributed by atoms with Gasteiger partial charge in [-0.05, 0) is 55.0 Å². The second-order valence-corrected chi connectivity index (χ2v) is 5.90. The van der Waals surface area contributed by atoms with Crippen LogP contribution < -0.4 is 0 Å². The minimum atomic E-state index is 0.762. The Bertz CT molecular complexity index is 476. The quantitative estimate of drug-likeness (QED) is 0.739. The number of benzene rings is 1. The second-order valence-electron chi connectivity index (χ2n) is 5.90. The van der Waals surface area contributed by atoms with Gasteiger partial charge in [-0.3, -0.25) is 4.99 Å². The summed E-state index contributed by atoms with van der Waals surface area (Å²) in [7, 11) is 2.20. The molecule has 0 radical (unpaired) electrons. The van der Waals surface area contributed by atoms with Gasteiger partial charge in [0.05, 0.1) is 0 Å². The summed E-state index contributed by atoms with van der Waals surface area (Å²) in [6.07, 6.45) is 3.63. The van der Waals surface area contributed by atoms with Gasteiger partial charge >= 0.3 is 0 Å². The van der Waals surface area contributed by atoms with Crippen molar-refractivity contribution < 1.29 is 0 Å². The molecule has 2 aliphatic rings. The van der Waals surface area contributed by atoms with Gasteiger partial charge in [-0.15, -0.1) is 0 Å². The summed E-state index contributed by atoms with van der Waals surface area (Å²) in [6, 6.07) is 6.97. The Morgan fingerprint density at radius 3 is 2.89 bits per heavy atom. The fourth-order valence-electron chi connectivity index (χ4n) is 2.93. The minimum Gasteiger partial charge on any atom is -0.302 e. The van der Waals surface area contributed by atoms with Gasteiger partial charge in [-0.2, -0.15) is 0 Å². The Balaban J connectivity index is 1.88. The third-order valence-electron chi connectivity index (χ3n) is 4.21. The topological polar surface area (TPSA) is 15.6 Å². The molecule has 0 fully saturated rings. The smallest absolute Gasteiger partial charge is 0.0420 e. The van der Waals surface area contributed by atoms with Gasteiger partial charge in [0.25, 0.3) is 0 Å². The highest BCUT2D eigenvalue weighted by atomic mass is 15.1. The largest absolute Gasteiger partial charge is 0.302 e. The van der Waals surface area contributed by atoms with Crippen LogP contribution in [-0.2, 0) is 13.0 Å². The molecule has 1 atom stereocenters. The van der Waals surface area contributed by atoms with Crippen molar-refractivity contribution in [2.75, 3.05) is 20.1 Å². The molecule has 0 saturated carbocycles. The van der Waals surface area contributed by atoms with E-state index in [2.05, 4.69) is 37.1 Å². The molecule has 0 amide bonds. The molecule has 1 unspecified atom stereocenters. The van der Waals surface area contributed by atoms with Gasteiger partial charge in [0.15, 0.2) is 0 Å². The van der Waals surface area contributed by atoms with Crippen LogP contribution in [0.15, 0.2) is 23.2 Å². The van der Waals surface area contributed by atoms with Crippen LogP contribution in [0.25, 0.3) is 0 Å². The van der Waals surface area contributed by atoms with E-state index < -0.39 is 0 Å². The maximum Gasteiger partial charge on any atom is 0.0420 e. The lowest BCUT2D eigenvalue weighted by molar-refractivity contribution is 0.313. The van der Waals surface area contributed by atoms with Gasteiger partial charge in [-0.1, -0.05) is 19.1 Å². The standard InChI is InChI=1S/C16H22N2/c1-12-3-6-16(17-10-12)14-5-4-13-7-8-18(2)11-15(13)9-14/h4-5,9,12H,3,6-8,10-11H2,1-2H3. The van der Waals surface area contributed by atoms with E-state index in [-0.39, 0.29) is 0 Å². The molecular weight excluding hydrogens is 220 g/mol. The predicted octanol–water partition coefficient (Wildman–Crippen LogP) is 2.89. The Kier molecular flexibility index (Phi) is 3.21. The zero-order chi connectivity index (χ0) is 12.5. The van der Waals surface area contributed by atoms with Crippen molar-refractivity contribution in [3.63, 3.8) is 0 Å². The molecule has 3 rings (SSSR count). The Labute approximate surface area is 110 Å². The second kappa shape index (κ2) is 4.85. The molecule has 18 heavy (non-hydrogen) atoms. The van der Waals surface area contributed by atoms with Gasteiger partial charge in [-0.25, -0.2) is 0 Å². The third kappa shape index (κ3) is 2.35. The number of likely N-dealkylation sites (N-methyl/N-ethyl adjacent to an activating group) is 1. The lowest BCUT2D eigenvalue weighted by atomic mass is 9.92. The molecule has 2 heterocycles. The number of rotatable bonds is 1. The molecule has 0 spiro atoms. The number of fused-ring (bicyclic) bond motifs is 1. The lowest BCUT2D eigenvalue weighted by Gasteiger charge is -2.26. The van der Waals surface area contributed by atoms with Crippen molar-refractivity contribution in [1.82, 2.24) is 4.90 Å². The number of hydrogen-bond acceptors (Lipinski definition) is 2. The number of nitrogens with zero attached hydrogens (tertiary/aromatic N) is 2. The van der Waals surface area contributed by atoms with E-state index in [9.17, 15) is 0 Å². The summed E-state index contributed by atoms with van der Waals surface area (Å²) in [6.45, 7) is 5.58. The highest BCUT2D eigenvalue weighted by Crippen LogP contribution is 2.23. The molecule has 0 N–H and O–H groups in total. The van der Waals surface area contributed by atoms with E-state index in [4.69, 9.17) is 4.99 Å². The molecule has 1 aromatic rings. The molecule has 0 aromatic heterocycles. The summed E-state index contributed by atoms with van der Waals surface area (Å²) >= 11 is 0. The zero-order valence-electron chi connectivity index (χ0n) is 11.4. The van der Waals surface area contributed by atoms with Crippen LogP contribution in [0.4, 0.5) is 0 Å². The van der Waals surface area contributed by atoms with E-state index in [0.717, 1.165) is 25.4 Å². The summed E-state index contributed by atoms with van der Waals surface area (Å²) in [5, 5.41) is 0. The van der Waals surface area contributed by atoms with Crippen LogP contribution in [0, 0.1) is 5.92 Å². The Hall–Kier alpha value is -1.15.